The van der Waals surface area contributed by atoms with Gasteiger partial charge in [-0.15, -0.1) is 5.11 Å². The van der Waals surface area contributed by atoms with E-state index in [9.17, 15) is 35.8 Å². The summed E-state index contributed by atoms with van der Waals surface area (Å²) in [5, 5.41) is 20.5. The Bertz CT molecular complexity index is 1510. The predicted octanol–water partition coefficient (Wildman–Crippen LogP) is 2.42. The molecule has 0 aliphatic rings. The van der Waals surface area contributed by atoms with Gasteiger partial charge < -0.3 is 10.4 Å². The number of amides is 1. The summed E-state index contributed by atoms with van der Waals surface area (Å²) >= 11 is 0. The molecule has 3 aromatic carbocycles. The molecule has 0 heterocycles. The van der Waals surface area contributed by atoms with Crippen molar-refractivity contribution in [3.8, 4) is 5.75 Å². The number of phenols is 1. The van der Waals surface area contributed by atoms with Crippen LogP contribution in [0.15, 0.2) is 62.5 Å². The third-order valence-corrected chi connectivity index (χ3v) is 6.08. The molecule has 0 atom stereocenters. The number of aromatic hydroxyl groups is 1. The van der Waals surface area contributed by atoms with Gasteiger partial charge in [-0.1, -0.05) is 18.2 Å². The van der Waals surface area contributed by atoms with Crippen molar-refractivity contribution in [2.75, 3.05) is 5.32 Å². The van der Waals surface area contributed by atoms with Crippen molar-refractivity contribution in [2.24, 2.45) is 10.2 Å². The van der Waals surface area contributed by atoms with Crippen LogP contribution in [0.5, 0.6) is 5.75 Å². The summed E-state index contributed by atoms with van der Waals surface area (Å²) in [5.41, 5.74) is 0.183. The number of rotatable bonds is 5. The van der Waals surface area contributed by atoms with Gasteiger partial charge in [-0.2, -0.15) is 21.9 Å². The molecule has 0 saturated heterocycles. The molecule has 0 bridgehead atoms. The van der Waals surface area contributed by atoms with E-state index >= 15 is 0 Å². The predicted molar refractivity (Wildman–Crippen MR) is 129 cm³/mol. The van der Waals surface area contributed by atoms with E-state index in [4.69, 9.17) is 0 Å². The summed E-state index contributed by atoms with van der Waals surface area (Å²) in [6.07, 6.45) is 0. The molecule has 34 heavy (non-hydrogen) atoms. The normalized spacial score (nSPS) is 11.6. The van der Waals surface area contributed by atoms with Crippen molar-refractivity contribution in [3.05, 3.63) is 48.0 Å². The standard InChI is InChI=1S/C19H17N3O8S2.2Na.2H/c1-10-5-3-4-6-14(10)21-22-18-16(32(28,29)30)8-12-7-13(31(25,26)27)9-15(20-11(2)23)17(12)19(18)24;;;;/h3-9,24H,1-2H3,(H,20,23)(H,25,26,27)(H,28,29,30);;;;/b22-21+;;;;. The van der Waals surface area contributed by atoms with Crippen molar-refractivity contribution in [2.45, 2.75) is 23.6 Å². The van der Waals surface area contributed by atoms with Crippen molar-refractivity contribution in [1.82, 2.24) is 0 Å². The molecule has 172 valence electrons. The Morgan fingerprint density at radius 3 is 2.09 bits per heavy atom. The first kappa shape index (κ1) is 30.6. The second-order valence-electron chi connectivity index (χ2n) is 6.76. The minimum absolute atomic E-state index is 0. The first-order valence-corrected chi connectivity index (χ1v) is 11.7. The van der Waals surface area contributed by atoms with E-state index in [1.54, 1.807) is 31.2 Å². The van der Waals surface area contributed by atoms with Crippen LogP contribution in [0.4, 0.5) is 17.1 Å². The Morgan fingerprint density at radius 2 is 1.56 bits per heavy atom. The van der Waals surface area contributed by atoms with Gasteiger partial charge in [0.2, 0.25) is 5.91 Å². The molecule has 15 heteroatoms. The van der Waals surface area contributed by atoms with Gasteiger partial charge in [0.25, 0.3) is 20.2 Å². The molecule has 0 aliphatic carbocycles. The van der Waals surface area contributed by atoms with Crippen LogP contribution in [0.3, 0.4) is 0 Å². The second-order valence-corrected chi connectivity index (χ2v) is 9.57. The molecule has 0 spiro atoms. The van der Waals surface area contributed by atoms with Gasteiger partial charge in [0, 0.05) is 12.3 Å². The second kappa shape index (κ2) is 11.6. The van der Waals surface area contributed by atoms with Crippen LogP contribution in [0, 0.1) is 6.92 Å². The number of anilines is 1. The number of nitrogens with zero attached hydrogens (tertiary/aromatic N) is 2. The molecule has 3 rings (SSSR count). The van der Waals surface area contributed by atoms with E-state index in [2.05, 4.69) is 15.5 Å². The zero-order chi connectivity index (χ0) is 23.8. The van der Waals surface area contributed by atoms with E-state index in [-0.39, 0.29) is 75.6 Å². The fourth-order valence-corrected chi connectivity index (χ4v) is 4.17. The number of hydrogen-bond donors (Lipinski definition) is 4. The first-order chi connectivity index (χ1) is 14.8. The topological polar surface area (TPSA) is 183 Å². The number of fused-ring (bicyclic) bond motifs is 1. The number of nitrogens with one attached hydrogen (secondary N) is 1. The van der Waals surface area contributed by atoms with Crippen molar-refractivity contribution >= 4 is 113 Å². The van der Waals surface area contributed by atoms with Gasteiger partial charge in [0.15, 0.2) is 5.75 Å². The Kier molecular flexibility index (Phi) is 10.4. The Balaban J connectivity index is 0.00000289. The quantitative estimate of drug-likeness (QED) is 0.221. The maximum atomic E-state index is 12.0. The van der Waals surface area contributed by atoms with E-state index in [0.29, 0.717) is 11.3 Å². The Labute approximate surface area is 239 Å². The Morgan fingerprint density at radius 1 is 0.941 bits per heavy atom. The molecule has 11 nitrogen and oxygen atoms in total. The summed E-state index contributed by atoms with van der Waals surface area (Å²) in [4.78, 5) is 10.1. The number of hydrogen-bond acceptors (Lipinski definition) is 8. The molecule has 0 saturated carbocycles. The van der Waals surface area contributed by atoms with Crippen LogP contribution in [0.1, 0.15) is 12.5 Å². The average molecular weight is 527 g/mol. The maximum absolute atomic E-state index is 12.0. The van der Waals surface area contributed by atoms with Crippen LogP contribution in [0.2, 0.25) is 0 Å². The van der Waals surface area contributed by atoms with Crippen molar-refractivity contribution in [3.63, 3.8) is 0 Å². The van der Waals surface area contributed by atoms with Gasteiger partial charge in [-0.25, -0.2) is 0 Å². The summed E-state index contributed by atoms with van der Waals surface area (Å²) in [5.74, 6) is -1.43. The third-order valence-electron chi connectivity index (χ3n) is 4.38. The fourth-order valence-electron chi connectivity index (χ4n) is 2.97. The molecule has 1 amide bonds. The van der Waals surface area contributed by atoms with Crippen LogP contribution >= 0.6 is 0 Å². The Hall–Kier alpha value is -1.39. The molecule has 0 radical (unpaired) electrons. The molecule has 0 aromatic heterocycles. The van der Waals surface area contributed by atoms with Gasteiger partial charge in [-0.05, 0) is 42.1 Å². The molecular weight excluding hydrogens is 508 g/mol. The summed E-state index contributed by atoms with van der Waals surface area (Å²) in [6, 6.07) is 9.32. The van der Waals surface area contributed by atoms with E-state index in [0.717, 1.165) is 25.1 Å². The first-order valence-electron chi connectivity index (χ1n) is 8.82. The third kappa shape index (κ3) is 6.85. The van der Waals surface area contributed by atoms with Gasteiger partial charge in [-0.3, -0.25) is 13.9 Å². The minimum atomic E-state index is -4.96. The molecule has 3 aromatic rings. The van der Waals surface area contributed by atoms with Crippen LogP contribution < -0.4 is 5.32 Å². The molecule has 0 aliphatic heterocycles. The van der Waals surface area contributed by atoms with E-state index in [1.807, 2.05) is 0 Å². The SMILES string of the molecule is CC(=O)Nc1cc(S(=O)(=O)O)cc2cc(S(=O)(=O)O)c(/N=N/c3ccccc3C)c(O)c12.[NaH].[NaH]. The summed E-state index contributed by atoms with van der Waals surface area (Å²) in [6.45, 7) is 2.85. The number of phenolic OH excluding ortho intramolecular Hbond substituents is 1. The number of carbonyl (C=O) groups is 1. The molecule has 4 N–H and O–H groups in total. The monoisotopic (exact) mass is 527 g/mol. The van der Waals surface area contributed by atoms with Gasteiger partial charge >= 0.3 is 59.1 Å². The zero-order valence-electron chi connectivity index (χ0n) is 16.6. The fraction of sp³-hybridized carbons (Fsp3) is 0.105. The van der Waals surface area contributed by atoms with E-state index < -0.39 is 47.4 Å². The van der Waals surface area contributed by atoms with Crippen molar-refractivity contribution in [1.29, 1.82) is 0 Å². The summed E-state index contributed by atoms with van der Waals surface area (Å²) in [7, 11) is -9.72. The van der Waals surface area contributed by atoms with Crippen LogP contribution in [0.25, 0.3) is 10.8 Å². The van der Waals surface area contributed by atoms with Gasteiger partial charge in [0.1, 0.15) is 10.6 Å². The van der Waals surface area contributed by atoms with Gasteiger partial charge in [0.05, 0.1) is 16.3 Å². The van der Waals surface area contributed by atoms with Crippen LogP contribution in [-0.2, 0) is 25.0 Å². The number of benzene rings is 3. The zero-order valence-corrected chi connectivity index (χ0v) is 18.3. The number of carbonyl (C=O) groups excluding carboxylic acids is 1. The van der Waals surface area contributed by atoms with Crippen molar-refractivity contribution < 1.29 is 35.8 Å². The number of aryl methyl sites for hydroxylation is 1. The number of azo groups is 1. The average Bonchev–Trinajstić information content (AvgIpc) is 2.66. The van der Waals surface area contributed by atoms with E-state index in [1.165, 1.54) is 0 Å². The molecule has 0 fully saturated rings. The molecular formula is C19H19N3Na2O8S2. The molecule has 0 unspecified atom stereocenters. The van der Waals surface area contributed by atoms with Crippen LogP contribution in [-0.4, -0.2) is 96.1 Å². The summed E-state index contributed by atoms with van der Waals surface area (Å²) < 4.78 is 66.3.